The van der Waals surface area contributed by atoms with E-state index in [1.807, 2.05) is 25.1 Å². The monoisotopic (exact) mass is 264 g/mol. The molecule has 0 aliphatic carbocycles. The van der Waals surface area contributed by atoms with E-state index in [1.54, 1.807) is 0 Å². The Morgan fingerprint density at radius 3 is 2.78 bits per heavy atom. The van der Waals surface area contributed by atoms with Gasteiger partial charge in [-0.2, -0.15) is 0 Å². The molecule has 0 bridgehead atoms. The number of thiocarbonyl (C=S) groups is 1. The lowest BCUT2D eigenvalue weighted by Gasteiger charge is -2.27. The van der Waals surface area contributed by atoms with Crippen molar-refractivity contribution in [3.8, 4) is 5.75 Å². The van der Waals surface area contributed by atoms with Crippen LogP contribution in [0.5, 0.6) is 5.75 Å². The summed E-state index contributed by atoms with van der Waals surface area (Å²) in [6.07, 6.45) is 2.45. The van der Waals surface area contributed by atoms with Gasteiger partial charge in [0.05, 0.1) is 17.6 Å². The van der Waals surface area contributed by atoms with Crippen molar-refractivity contribution >= 4 is 17.2 Å². The largest absolute Gasteiger partial charge is 0.494 e. The molecule has 0 saturated carbocycles. The molecule has 1 aliphatic heterocycles. The van der Waals surface area contributed by atoms with Gasteiger partial charge in [-0.3, -0.25) is 4.90 Å². The van der Waals surface area contributed by atoms with Gasteiger partial charge < -0.3 is 10.5 Å². The van der Waals surface area contributed by atoms with Gasteiger partial charge in [-0.1, -0.05) is 24.4 Å². The molecule has 1 saturated heterocycles. The van der Waals surface area contributed by atoms with Crippen LogP contribution in [0.1, 0.15) is 31.4 Å². The minimum atomic E-state index is 0.0444. The Labute approximate surface area is 114 Å². The lowest BCUT2D eigenvalue weighted by atomic mass is 10.1. The Hall–Kier alpha value is -1.13. The highest BCUT2D eigenvalue weighted by molar-refractivity contribution is 7.80. The normalized spacial score (nSPS) is 17.6. The first-order chi connectivity index (χ1) is 8.72. The average Bonchev–Trinajstić information content (AvgIpc) is 2.83. The van der Waals surface area contributed by atoms with Gasteiger partial charge in [0.15, 0.2) is 0 Å². The van der Waals surface area contributed by atoms with Crippen LogP contribution >= 0.6 is 12.2 Å². The maximum Gasteiger partial charge on any atom is 0.119 e. The fourth-order valence-corrected chi connectivity index (χ4v) is 2.78. The average molecular weight is 264 g/mol. The third-order valence-electron chi connectivity index (χ3n) is 3.26. The highest BCUT2D eigenvalue weighted by Gasteiger charge is 2.25. The highest BCUT2D eigenvalue weighted by Crippen LogP contribution is 2.27. The van der Waals surface area contributed by atoms with E-state index in [0.29, 0.717) is 11.6 Å². The standard InChI is InChI=1S/C14H20N2OS/c1-2-17-12-7-5-6-11(10-12)13(14(15)18)16-8-3-4-9-16/h5-7,10,13H,2-4,8-9H2,1H3,(H2,15,18). The molecule has 4 heteroatoms. The molecular formula is C14H20N2OS. The fraction of sp³-hybridized carbons (Fsp3) is 0.500. The van der Waals surface area contributed by atoms with E-state index in [-0.39, 0.29) is 6.04 Å². The third-order valence-corrected chi connectivity index (χ3v) is 3.48. The predicted octanol–water partition coefficient (Wildman–Crippen LogP) is 2.51. The molecule has 1 fully saturated rings. The van der Waals surface area contributed by atoms with Crippen LogP contribution in [0.2, 0.25) is 0 Å². The Kier molecular flexibility index (Phi) is 4.55. The number of nitrogens with zero attached hydrogens (tertiary/aromatic N) is 1. The molecule has 2 N–H and O–H groups in total. The number of nitrogens with two attached hydrogens (primary N) is 1. The number of likely N-dealkylation sites (tertiary alicyclic amines) is 1. The van der Waals surface area contributed by atoms with E-state index in [9.17, 15) is 0 Å². The summed E-state index contributed by atoms with van der Waals surface area (Å²) in [4.78, 5) is 2.90. The Bertz CT molecular complexity index is 416. The zero-order valence-electron chi connectivity index (χ0n) is 10.8. The van der Waals surface area contributed by atoms with Crippen LogP contribution in [0.3, 0.4) is 0 Å². The topological polar surface area (TPSA) is 38.5 Å². The predicted molar refractivity (Wildman–Crippen MR) is 77.9 cm³/mol. The van der Waals surface area contributed by atoms with E-state index in [1.165, 1.54) is 12.8 Å². The summed E-state index contributed by atoms with van der Waals surface area (Å²) in [7, 11) is 0. The summed E-state index contributed by atoms with van der Waals surface area (Å²) in [6, 6.07) is 8.13. The summed E-state index contributed by atoms with van der Waals surface area (Å²) in [5, 5.41) is 0. The lowest BCUT2D eigenvalue weighted by molar-refractivity contribution is 0.302. The van der Waals surface area contributed by atoms with Gasteiger partial charge in [0.25, 0.3) is 0 Å². The maximum atomic E-state index is 5.92. The van der Waals surface area contributed by atoms with Crippen LogP contribution < -0.4 is 10.5 Å². The summed E-state index contributed by atoms with van der Waals surface area (Å²) < 4.78 is 5.54. The van der Waals surface area contributed by atoms with Gasteiger partial charge in [0, 0.05) is 0 Å². The summed E-state index contributed by atoms with van der Waals surface area (Å²) in [5.41, 5.74) is 7.06. The van der Waals surface area contributed by atoms with Crippen LogP contribution in [0.4, 0.5) is 0 Å². The Morgan fingerprint density at radius 2 is 2.17 bits per heavy atom. The summed E-state index contributed by atoms with van der Waals surface area (Å²) in [5.74, 6) is 0.885. The molecular weight excluding hydrogens is 244 g/mol. The molecule has 1 heterocycles. The van der Waals surface area contributed by atoms with E-state index >= 15 is 0 Å². The minimum absolute atomic E-state index is 0.0444. The van der Waals surface area contributed by atoms with E-state index in [2.05, 4.69) is 11.0 Å². The number of hydrogen-bond acceptors (Lipinski definition) is 3. The number of ether oxygens (including phenoxy) is 1. The van der Waals surface area contributed by atoms with Gasteiger partial charge in [0.2, 0.25) is 0 Å². The first-order valence-electron chi connectivity index (χ1n) is 6.48. The van der Waals surface area contributed by atoms with E-state index < -0.39 is 0 Å². The molecule has 1 atom stereocenters. The second-order valence-corrected chi connectivity index (χ2v) is 5.02. The van der Waals surface area contributed by atoms with Crippen molar-refractivity contribution in [2.24, 2.45) is 5.73 Å². The van der Waals surface area contributed by atoms with Crippen molar-refractivity contribution in [2.75, 3.05) is 19.7 Å². The van der Waals surface area contributed by atoms with Crippen molar-refractivity contribution in [1.29, 1.82) is 0 Å². The Morgan fingerprint density at radius 1 is 1.44 bits per heavy atom. The zero-order valence-corrected chi connectivity index (χ0v) is 11.6. The van der Waals surface area contributed by atoms with Crippen LogP contribution in [-0.2, 0) is 0 Å². The van der Waals surface area contributed by atoms with Crippen molar-refractivity contribution in [1.82, 2.24) is 4.90 Å². The molecule has 2 rings (SSSR count). The first-order valence-corrected chi connectivity index (χ1v) is 6.89. The van der Waals surface area contributed by atoms with Gasteiger partial charge >= 0.3 is 0 Å². The summed E-state index contributed by atoms with van der Waals surface area (Å²) in [6.45, 7) is 4.80. The van der Waals surface area contributed by atoms with Crippen LogP contribution in [0, 0.1) is 0 Å². The molecule has 1 unspecified atom stereocenters. The number of benzene rings is 1. The quantitative estimate of drug-likeness (QED) is 0.829. The maximum absolute atomic E-state index is 5.92. The summed E-state index contributed by atoms with van der Waals surface area (Å²) >= 11 is 5.24. The van der Waals surface area contributed by atoms with Gasteiger partial charge in [-0.25, -0.2) is 0 Å². The van der Waals surface area contributed by atoms with Gasteiger partial charge in [0.1, 0.15) is 5.75 Å². The van der Waals surface area contributed by atoms with Crippen LogP contribution in [0.15, 0.2) is 24.3 Å². The van der Waals surface area contributed by atoms with Crippen LogP contribution in [-0.4, -0.2) is 29.6 Å². The van der Waals surface area contributed by atoms with Gasteiger partial charge in [-0.05, 0) is 50.6 Å². The van der Waals surface area contributed by atoms with E-state index in [0.717, 1.165) is 24.4 Å². The number of hydrogen-bond donors (Lipinski definition) is 1. The molecule has 1 aromatic carbocycles. The first kappa shape index (κ1) is 13.3. The molecule has 1 aromatic rings. The van der Waals surface area contributed by atoms with Gasteiger partial charge in [-0.15, -0.1) is 0 Å². The Balaban J connectivity index is 2.24. The molecule has 98 valence electrons. The molecule has 0 amide bonds. The SMILES string of the molecule is CCOc1cccc(C(C(N)=S)N2CCCC2)c1. The van der Waals surface area contributed by atoms with E-state index in [4.69, 9.17) is 22.7 Å². The molecule has 3 nitrogen and oxygen atoms in total. The number of rotatable bonds is 5. The molecule has 18 heavy (non-hydrogen) atoms. The van der Waals surface area contributed by atoms with Crippen LogP contribution in [0.25, 0.3) is 0 Å². The third kappa shape index (κ3) is 3.00. The van der Waals surface area contributed by atoms with Crippen molar-refractivity contribution < 1.29 is 4.74 Å². The van der Waals surface area contributed by atoms with Crippen molar-refractivity contribution in [3.63, 3.8) is 0 Å². The molecule has 0 spiro atoms. The fourth-order valence-electron chi connectivity index (χ4n) is 2.50. The van der Waals surface area contributed by atoms with Crippen molar-refractivity contribution in [2.45, 2.75) is 25.8 Å². The lowest BCUT2D eigenvalue weighted by Crippen LogP contribution is -2.34. The highest BCUT2D eigenvalue weighted by atomic mass is 32.1. The second-order valence-electron chi connectivity index (χ2n) is 4.55. The zero-order chi connectivity index (χ0) is 13.0. The molecule has 0 aromatic heterocycles. The minimum Gasteiger partial charge on any atom is -0.494 e. The molecule has 0 radical (unpaired) electrons. The van der Waals surface area contributed by atoms with Crippen molar-refractivity contribution in [3.05, 3.63) is 29.8 Å². The molecule has 1 aliphatic rings. The smallest absolute Gasteiger partial charge is 0.119 e. The second kappa shape index (κ2) is 6.16.